The fourth-order valence-corrected chi connectivity index (χ4v) is 4.34. The first-order chi connectivity index (χ1) is 19.3. The van der Waals surface area contributed by atoms with Crippen LogP contribution in [-0.2, 0) is 27.4 Å². The number of H-pyrrole nitrogens is 1. The first kappa shape index (κ1) is 26.4. The average molecular weight is 541 g/mol. The molecule has 0 spiro atoms. The molecule has 10 heteroatoms. The summed E-state index contributed by atoms with van der Waals surface area (Å²) in [5, 5.41) is 5.55. The predicted octanol–water partition coefficient (Wildman–Crippen LogP) is 3.84. The highest BCUT2D eigenvalue weighted by Gasteiger charge is 2.36. The number of ether oxygens (including phenoxy) is 1. The lowest BCUT2D eigenvalue weighted by Gasteiger charge is -2.11. The minimum absolute atomic E-state index is 0.000555. The molecule has 0 radical (unpaired) electrons. The van der Waals surface area contributed by atoms with E-state index >= 15 is 0 Å². The van der Waals surface area contributed by atoms with Crippen LogP contribution in [0.4, 0.5) is 9.18 Å². The normalized spacial score (nSPS) is 14.1. The van der Waals surface area contributed by atoms with Crippen molar-refractivity contribution >= 4 is 24.0 Å². The van der Waals surface area contributed by atoms with Gasteiger partial charge in [-0.1, -0.05) is 60.7 Å². The average Bonchev–Trinajstić information content (AvgIpc) is 3.39. The monoisotopic (exact) mass is 540 g/mol. The molecule has 0 aliphatic carbocycles. The van der Waals surface area contributed by atoms with Crippen LogP contribution in [0.1, 0.15) is 27.9 Å². The summed E-state index contributed by atoms with van der Waals surface area (Å²) < 4.78 is 20.0. The molecule has 3 amide bonds. The molecule has 40 heavy (non-hydrogen) atoms. The number of amides is 3. The number of imide groups is 1. The SMILES string of the molecule is Cc1ccccc1-n1[nH]c(Cc2ccc(F)cc2)c(C=C2NC(=O)N(CC(=O)OCc3ccccc3)C2=O)c1=O. The molecule has 5 rings (SSSR count). The molecule has 1 fully saturated rings. The number of halogens is 1. The first-order valence-electron chi connectivity index (χ1n) is 12.5. The van der Waals surface area contributed by atoms with E-state index in [-0.39, 0.29) is 24.3 Å². The summed E-state index contributed by atoms with van der Waals surface area (Å²) in [7, 11) is 0. The molecular weight excluding hydrogens is 515 g/mol. The number of urea groups is 1. The number of hydrogen-bond acceptors (Lipinski definition) is 5. The fourth-order valence-electron chi connectivity index (χ4n) is 4.34. The summed E-state index contributed by atoms with van der Waals surface area (Å²) in [6, 6.07) is 21.3. The van der Waals surface area contributed by atoms with Crippen molar-refractivity contribution in [2.45, 2.75) is 20.0 Å². The van der Waals surface area contributed by atoms with Crippen molar-refractivity contribution in [1.29, 1.82) is 0 Å². The minimum Gasteiger partial charge on any atom is -0.459 e. The second kappa shape index (κ2) is 11.2. The zero-order chi connectivity index (χ0) is 28.2. The lowest BCUT2D eigenvalue weighted by molar-refractivity contribution is -0.147. The molecule has 4 aromatic rings. The Labute approximate surface area is 228 Å². The Hall–Kier alpha value is -5.25. The maximum atomic E-state index is 13.6. The van der Waals surface area contributed by atoms with Gasteiger partial charge in [0.15, 0.2) is 0 Å². The van der Waals surface area contributed by atoms with Gasteiger partial charge in [-0.15, -0.1) is 0 Å². The van der Waals surface area contributed by atoms with Gasteiger partial charge in [-0.25, -0.2) is 18.8 Å². The van der Waals surface area contributed by atoms with Gasteiger partial charge in [0.1, 0.15) is 24.7 Å². The van der Waals surface area contributed by atoms with E-state index < -0.39 is 35.8 Å². The van der Waals surface area contributed by atoms with Gasteiger partial charge in [0.2, 0.25) is 0 Å². The van der Waals surface area contributed by atoms with E-state index in [9.17, 15) is 23.6 Å². The summed E-state index contributed by atoms with van der Waals surface area (Å²) in [4.78, 5) is 52.3. The van der Waals surface area contributed by atoms with Gasteiger partial charge in [-0.3, -0.25) is 19.5 Å². The van der Waals surface area contributed by atoms with Crippen LogP contribution in [0.25, 0.3) is 11.8 Å². The van der Waals surface area contributed by atoms with Gasteiger partial charge in [0.25, 0.3) is 11.5 Å². The number of aromatic amines is 1. The van der Waals surface area contributed by atoms with Gasteiger partial charge in [-0.05, 0) is 47.9 Å². The fraction of sp³-hybridized carbons (Fsp3) is 0.133. The molecule has 9 nitrogen and oxygen atoms in total. The number of benzene rings is 3. The summed E-state index contributed by atoms with van der Waals surface area (Å²) in [5.41, 5.74) is 2.94. The van der Waals surface area contributed by atoms with Crippen molar-refractivity contribution < 1.29 is 23.5 Å². The Balaban J connectivity index is 1.43. The Morgan fingerprint density at radius 3 is 2.35 bits per heavy atom. The Morgan fingerprint density at radius 1 is 0.925 bits per heavy atom. The summed E-state index contributed by atoms with van der Waals surface area (Å²) in [6.07, 6.45) is 1.52. The highest BCUT2D eigenvalue weighted by molar-refractivity contribution is 6.15. The highest BCUT2D eigenvalue weighted by atomic mass is 19.1. The van der Waals surface area contributed by atoms with Gasteiger partial charge in [0.05, 0.1) is 11.3 Å². The molecular formula is C30H25FN4O5. The molecule has 202 valence electrons. The maximum absolute atomic E-state index is 13.6. The van der Waals surface area contributed by atoms with E-state index in [4.69, 9.17) is 4.74 Å². The van der Waals surface area contributed by atoms with Crippen molar-refractivity contribution in [3.05, 3.63) is 129 Å². The van der Waals surface area contributed by atoms with Gasteiger partial charge in [0, 0.05) is 12.1 Å². The number of para-hydroxylation sites is 1. The van der Waals surface area contributed by atoms with Crippen molar-refractivity contribution in [2.75, 3.05) is 6.54 Å². The van der Waals surface area contributed by atoms with Crippen molar-refractivity contribution in [3.8, 4) is 5.69 Å². The van der Waals surface area contributed by atoms with Crippen LogP contribution in [-0.4, -0.2) is 39.1 Å². The summed E-state index contributed by atoms with van der Waals surface area (Å²) >= 11 is 0. The maximum Gasteiger partial charge on any atom is 0.329 e. The third kappa shape index (κ3) is 5.60. The smallest absolute Gasteiger partial charge is 0.329 e. The second-order valence-electron chi connectivity index (χ2n) is 9.26. The van der Waals surface area contributed by atoms with Gasteiger partial charge < -0.3 is 10.1 Å². The van der Waals surface area contributed by atoms with Crippen LogP contribution in [0.3, 0.4) is 0 Å². The third-order valence-corrected chi connectivity index (χ3v) is 6.44. The number of nitrogens with zero attached hydrogens (tertiary/aromatic N) is 2. The van der Waals surface area contributed by atoms with Gasteiger partial charge >= 0.3 is 12.0 Å². The van der Waals surface area contributed by atoms with Crippen LogP contribution in [0.5, 0.6) is 0 Å². The summed E-state index contributed by atoms with van der Waals surface area (Å²) in [6.45, 7) is 1.27. The molecule has 3 aromatic carbocycles. The predicted molar refractivity (Wildman–Crippen MR) is 145 cm³/mol. The van der Waals surface area contributed by atoms with Crippen molar-refractivity contribution in [2.24, 2.45) is 0 Å². The minimum atomic E-state index is -0.803. The molecule has 1 aliphatic heterocycles. The molecule has 1 aliphatic rings. The van der Waals surface area contributed by atoms with E-state index in [1.54, 1.807) is 48.5 Å². The van der Waals surface area contributed by atoms with Crippen molar-refractivity contribution in [1.82, 2.24) is 20.0 Å². The largest absolute Gasteiger partial charge is 0.459 e. The standard InChI is InChI=1S/C30H25FN4O5/c1-19-7-5-6-10-26(19)35-28(37)23(24(33-35)15-20-11-13-22(31)14-12-20)16-25-29(38)34(30(39)32-25)17-27(36)40-18-21-8-3-2-4-9-21/h2-14,16,33H,15,17-18H2,1H3,(H,32,39). The summed E-state index contributed by atoms with van der Waals surface area (Å²) in [5.74, 6) is -1.91. The van der Waals surface area contributed by atoms with Crippen LogP contribution in [0.15, 0.2) is 89.4 Å². The van der Waals surface area contributed by atoms with Crippen LogP contribution >= 0.6 is 0 Å². The topological polar surface area (TPSA) is 114 Å². The molecule has 1 saturated heterocycles. The first-order valence-corrected chi connectivity index (χ1v) is 12.5. The lowest BCUT2D eigenvalue weighted by atomic mass is 10.1. The quantitative estimate of drug-likeness (QED) is 0.200. The second-order valence-corrected chi connectivity index (χ2v) is 9.26. The highest BCUT2D eigenvalue weighted by Crippen LogP contribution is 2.19. The zero-order valence-electron chi connectivity index (χ0n) is 21.5. The molecule has 0 unspecified atom stereocenters. The lowest BCUT2D eigenvalue weighted by Crippen LogP contribution is -2.36. The number of rotatable bonds is 8. The van der Waals surface area contributed by atoms with E-state index in [2.05, 4.69) is 10.4 Å². The number of carbonyl (C=O) groups excluding carboxylic acids is 3. The molecule has 0 atom stereocenters. The number of carbonyl (C=O) groups is 3. The molecule has 0 saturated carbocycles. The number of nitrogens with one attached hydrogen (secondary N) is 2. The number of aryl methyl sites for hydroxylation is 1. The van der Waals surface area contributed by atoms with E-state index in [0.717, 1.165) is 21.6 Å². The van der Waals surface area contributed by atoms with E-state index in [1.807, 2.05) is 25.1 Å². The molecule has 1 aromatic heterocycles. The Kier molecular flexibility index (Phi) is 7.41. The van der Waals surface area contributed by atoms with Crippen LogP contribution in [0, 0.1) is 12.7 Å². The zero-order valence-corrected chi connectivity index (χ0v) is 21.5. The molecule has 0 bridgehead atoms. The van der Waals surface area contributed by atoms with Crippen LogP contribution < -0.4 is 10.9 Å². The van der Waals surface area contributed by atoms with Crippen LogP contribution in [0.2, 0.25) is 0 Å². The number of hydrogen-bond donors (Lipinski definition) is 2. The Morgan fingerprint density at radius 2 is 1.62 bits per heavy atom. The van der Waals surface area contributed by atoms with Crippen molar-refractivity contribution in [3.63, 3.8) is 0 Å². The van der Waals surface area contributed by atoms with E-state index in [1.165, 1.54) is 22.9 Å². The molecule has 2 N–H and O–H groups in total. The third-order valence-electron chi connectivity index (χ3n) is 6.44. The Bertz CT molecular complexity index is 1670. The van der Waals surface area contributed by atoms with Gasteiger partial charge in [-0.2, -0.15) is 0 Å². The van der Waals surface area contributed by atoms with E-state index in [0.29, 0.717) is 11.4 Å². The molecule has 2 heterocycles. The number of esters is 1. The number of aromatic nitrogens is 2.